The van der Waals surface area contributed by atoms with Crippen molar-refractivity contribution < 1.29 is 18.9 Å². The highest BCUT2D eigenvalue weighted by molar-refractivity contribution is 7.46. The Morgan fingerprint density at radius 1 is 0.857 bits per heavy atom. The van der Waals surface area contributed by atoms with Crippen LogP contribution in [0.5, 0.6) is 0 Å². The van der Waals surface area contributed by atoms with Gasteiger partial charge in [-0.2, -0.15) is 0 Å². The number of phosphoric acid groups is 1. The maximum atomic E-state index is 11.5. The van der Waals surface area contributed by atoms with E-state index in [0.29, 0.717) is 12.8 Å². The van der Waals surface area contributed by atoms with Crippen molar-refractivity contribution in [2.24, 2.45) is 5.41 Å². The lowest BCUT2D eigenvalue weighted by Crippen LogP contribution is -2.46. The van der Waals surface area contributed by atoms with Crippen LogP contribution in [-0.4, -0.2) is 15.4 Å². The van der Waals surface area contributed by atoms with Crippen LogP contribution in [0.15, 0.2) is 0 Å². The maximum absolute atomic E-state index is 11.5. The second kappa shape index (κ2) is 9.29. The van der Waals surface area contributed by atoms with E-state index in [2.05, 4.69) is 27.7 Å². The van der Waals surface area contributed by atoms with Crippen molar-refractivity contribution >= 4 is 7.82 Å². The van der Waals surface area contributed by atoms with Crippen LogP contribution in [0, 0.1) is 5.41 Å². The Morgan fingerprint density at radius 2 is 1.43 bits per heavy atom. The van der Waals surface area contributed by atoms with Crippen molar-refractivity contribution in [1.82, 2.24) is 0 Å². The lowest BCUT2D eigenvalue weighted by atomic mass is 9.67. The lowest BCUT2D eigenvalue weighted by molar-refractivity contribution is -0.0800. The molecule has 4 nitrogen and oxygen atoms in total. The minimum atomic E-state index is -4.49. The Hall–Kier alpha value is 0.110. The first-order valence-corrected chi connectivity index (χ1v) is 9.93. The highest BCUT2D eigenvalue weighted by Crippen LogP contribution is 2.54. The van der Waals surface area contributed by atoms with Gasteiger partial charge < -0.3 is 9.79 Å². The minimum absolute atomic E-state index is 0.242. The molecule has 0 spiro atoms. The highest BCUT2D eigenvalue weighted by Gasteiger charge is 2.48. The van der Waals surface area contributed by atoms with Crippen LogP contribution in [0.25, 0.3) is 0 Å². The summed E-state index contributed by atoms with van der Waals surface area (Å²) in [6.45, 7) is 10.5. The molecule has 0 heterocycles. The number of rotatable bonds is 12. The van der Waals surface area contributed by atoms with Gasteiger partial charge in [0.15, 0.2) is 0 Å². The molecule has 0 aliphatic carbocycles. The molecule has 5 heteroatoms. The molecule has 0 bridgehead atoms. The van der Waals surface area contributed by atoms with Gasteiger partial charge in [-0.3, -0.25) is 4.52 Å². The topological polar surface area (TPSA) is 66.8 Å². The predicted octanol–water partition coefficient (Wildman–Crippen LogP) is 5.43. The Bertz CT molecular complexity index is 324. The van der Waals surface area contributed by atoms with Gasteiger partial charge in [0.05, 0.1) is 5.60 Å². The SMILES string of the molecule is CCCCCC(C)(C)C(CCC)(CCCC)OP(=O)(O)O. The molecule has 0 radical (unpaired) electrons. The molecule has 128 valence electrons. The first-order valence-electron chi connectivity index (χ1n) is 8.40. The molecule has 0 aliphatic heterocycles. The Labute approximate surface area is 130 Å². The molecule has 1 atom stereocenters. The molecular weight excluding hydrogens is 287 g/mol. The zero-order valence-corrected chi connectivity index (χ0v) is 15.4. The van der Waals surface area contributed by atoms with Crippen LogP contribution < -0.4 is 0 Å². The Balaban J connectivity index is 5.33. The molecule has 0 aromatic heterocycles. The van der Waals surface area contributed by atoms with Gasteiger partial charge in [0.2, 0.25) is 0 Å². The van der Waals surface area contributed by atoms with Gasteiger partial charge in [-0.25, -0.2) is 4.57 Å². The van der Waals surface area contributed by atoms with Gasteiger partial charge in [-0.05, 0) is 24.7 Å². The van der Waals surface area contributed by atoms with Crippen molar-refractivity contribution in [2.75, 3.05) is 0 Å². The fourth-order valence-corrected chi connectivity index (χ4v) is 4.04. The summed E-state index contributed by atoms with van der Waals surface area (Å²) in [4.78, 5) is 18.8. The third-order valence-electron chi connectivity index (χ3n) is 4.52. The third kappa shape index (κ3) is 7.27. The highest BCUT2D eigenvalue weighted by atomic mass is 31.2. The number of hydrogen-bond donors (Lipinski definition) is 2. The van der Waals surface area contributed by atoms with Crippen molar-refractivity contribution in [3.8, 4) is 0 Å². The number of hydrogen-bond acceptors (Lipinski definition) is 2. The lowest BCUT2D eigenvalue weighted by Gasteiger charge is -2.47. The summed E-state index contributed by atoms with van der Waals surface area (Å²) >= 11 is 0. The van der Waals surface area contributed by atoms with E-state index in [9.17, 15) is 14.4 Å². The Morgan fingerprint density at radius 3 is 1.86 bits per heavy atom. The van der Waals surface area contributed by atoms with Gasteiger partial charge >= 0.3 is 7.82 Å². The number of phosphoric ester groups is 1. The van der Waals surface area contributed by atoms with Gasteiger partial charge in [0.25, 0.3) is 0 Å². The molecule has 0 aliphatic rings. The first kappa shape index (κ1) is 21.1. The monoisotopic (exact) mass is 322 g/mol. The molecule has 2 N–H and O–H groups in total. The van der Waals surface area contributed by atoms with E-state index in [1.807, 2.05) is 6.92 Å². The van der Waals surface area contributed by atoms with E-state index in [1.54, 1.807) is 0 Å². The van der Waals surface area contributed by atoms with E-state index < -0.39 is 13.4 Å². The summed E-state index contributed by atoms with van der Waals surface area (Å²) in [7, 11) is -4.49. The summed E-state index contributed by atoms with van der Waals surface area (Å²) in [6.07, 6.45) is 8.49. The van der Waals surface area contributed by atoms with Crippen molar-refractivity contribution in [3.63, 3.8) is 0 Å². The fourth-order valence-electron chi connectivity index (χ4n) is 3.16. The maximum Gasteiger partial charge on any atom is 0.470 e. The van der Waals surface area contributed by atoms with Crippen LogP contribution in [0.2, 0.25) is 0 Å². The summed E-state index contributed by atoms with van der Waals surface area (Å²) < 4.78 is 17.0. The average Bonchev–Trinajstić information content (AvgIpc) is 2.34. The minimum Gasteiger partial charge on any atom is -0.303 e. The van der Waals surface area contributed by atoms with Crippen LogP contribution in [0.3, 0.4) is 0 Å². The van der Waals surface area contributed by atoms with E-state index in [4.69, 9.17) is 4.52 Å². The van der Waals surface area contributed by atoms with E-state index in [0.717, 1.165) is 44.9 Å². The molecule has 0 saturated carbocycles. The largest absolute Gasteiger partial charge is 0.470 e. The molecule has 0 amide bonds. The van der Waals surface area contributed by atoms with Gasteiger partial charge in [-0.1, -0.05) is 73.1 Å². The summed E-state index contributed by atoms with van der Waals surface area (Å²) in [6, 6.07) is 0. The van der Waals surface area contributed by atoms with E-state index >= 15 is 0 Å². The fraction of sp³-hybridized carbons (Fsp3) is 1.00. The molecule has 0 saturated heterocycles. The summed E-state index contributed by atoms with van der Waals surface area (Å²) in [5, 5.41) is 0. The van der Waals surface area contributed by atoms with Crippen molar-refractivity contribution in [1.29, 1.82) is 0 Å². The van der Waals surface area contributed by atoms with E-state index in [1.165, 1.54) is 0 Å². The van der Waals surface area contributed by atoms with Crippen LogP contribution in [0.4, 0.5) is 0 Å². The van der Waals surface area contributed by atoms with Gasteiger partial charge in [0.1, 0.15) is 0 Å². The average molecular weight is 322 g/mol. The standard InChI is InChI=1S/C16H35O4P/c1-6-9-11-13-15(4,5)16(12-8-3,14-10-7-2)20-21(17,18)19/h6-14H2,1-5H3,(H2,17,18,19). The molecule has 0 aromatic rings. The van der Waals surface area contributed by atoms with Crippen LogP contribution in [-0.2, 0) is 9.09 Å². The zero-order valence-electron chi connectivity index (χ0n) is 14.5. The van der Waals surface area contributed by atoms with Crippen molar-refractivity contribution in [2.45, 2.75) is 98.0 Å². The van der Waals surface area contributed by atoms with Crippen LogP contribution in [0.1, 0.15) is 92.4 Å². The zero-order chi connectivity index (χ0) is 16.6. The predicted molar refractivity (Wildman–Crippen MR) is 88.2 cm³/mol. The molecule has 1 unspecified atom stereocenters. The van der Waals surface area contributed by atoms with Crippen LogP contribution >= 0.6 is 7.82 Å². The molecule has 21 heavy (non-hydrogen) atoms. The van der Waals surface area contributed by atoms with E-state index in [-0.39, 0.29) is 5.41 Å². The van der Waals surface area contributed by atoms with Crippen molar-refractivity contribution in [3.05, 3.63) is 0 Å². The van der Waals surface area contributed by atoms with Gasteiger partial charge in [-0.15, -0.1) is 0 Å². The normalized spacial score (nSPS) is 16.0. The molecule has 0 aromatic carbocycles. The second-order valence-electron chi connectivity index (χ2n) is 6.77. The molecule has 0 fully saturated rings. The van der Waals surface area contributed by atoms with Gasteiger partial charge in [0, 0.05) is 0 Å². The quantitative estimate of drug-likeness (QED) is 0.371. The molecule has 0 rings (SSSR count). The number of unbranched alkanes of at least 4 members (excludes halogenated alkanes) is 3. The molecular formula is C16H35O4P. The smallest absolute Gasteiger partial charge is 0.303 e. The first-order chi connectivity index (χ1) is 9.64. The third-order valence-corrected chi connectivity index (χ3v) is 5.11. The summed E-state index contributed by atoms with van der Waals surface area (Å²) in [5.41, 5.74) is -0.973. The second-order valence-corrected chi connectivity index (χ2v) is 7.93. The summed E-state index contributed by atoms with van der Waals surface area (Å²) in [5.74, 6) is 0. The Kier molecular flexibility index (Phi) is 9.34.